The molecule has 1 heterocycles. The Kier molecular flexibility index (Phi) is 5.01. The molecule has 2 unspecified atom stereocenters. The van der Waals surface area contributed by atoms with E-state index in [4.69, 9.17) is 4.74 Å². The van der Waals surface area contributed by atoms with Gasteiger partial charge in [-0.1, -0.05) is 6.92 Å². The number of rotatable bonds is 7. The van der Waals surface area contributed by atoms with Gasteiger partial charge in [-0.2, -0.15) is 0 Å². The van der Waals surface area contributed by atoms with Crippen molar-refractivity contribution in [3.05, 3.63) is 0 Å². The van der Waals surface area contributed by atoms with Gasteiger partial charge < -0.3 is 15.0 Å². The molecule has 104 valence electrons. The minimum absolute atomic E-state index is 0.256. The van der Waals surface area contributed by atoms with Crippen LogP contribution in [0.1, 0.15) is 39.5 Å². The van der Waals surface area contributed by atoms with Gasteiger partial charge in [0.2, 0.25) is 5.91 Å². The summed E-state index contributed by atoms with van der Waals surface area (Å²) in [6.07, 6.45) is 4.96. The zero-order valence-corrected chi connectivity index (χ0v) is 11.7. The summed E-state index contributed by atoms with van der Waals surface area (Å²) in [5, 5.41) is 3.32. The monoisotopic (exact) mass is 254 g/mol. The number of nitrogens with one attached hydrogen (secondary N) is 1. The number of hydrogen-bond donors (Lipinski definition) is 1. The molecule has 1 N–H and O–H groups in total. The summed E-state index contributed by atoms with van der Waals surface area (Å²) in [5.41, 5.74) is 0. The van der Waals surface area contributed by atoms with Crippen molar-refractivity contribution in [3.63, 3.8) is 0 Å². The zero-order chi connectivity index (χ0) is 13.0. The highest BCUT2D eigenvalue weighted by atomic mass is 16.5. The molecule has 0 spiro atoms. The fraction of sp³-hybridized carbons (Fsp3) is 0.929. The number of ether oxygens (including phenoxy) is 1. The molecular weight excluding hydrogens is 228 g/mol. The van der Waals surface area contributed by atoms with Gasteiger partial charge in [0.15, 0.2) is 0 Å². The third-order valence-electron chi connectivity index (χ3n) is 4.08. The molecule has 2 atom stereocenters. The van der Waals surface area contributed by atoms with E-state index in [9.17, 15) is 4.79 Å². The third-order valence-corrected chi connectivity index (χ3v) is 4.08. The summed E-state index contributed by atoms with van der Waals surface area (Å²) < 4.78 is 5.65. The smallest absolute Gasteiger partial charge is 0.236 e. The molecule has 0 aromatic carbocycles. The quantitative estimate of drug-likeness (QED) is 0.747. The predicted molar refractivity (Wildman–Crippen MR) is 71.4 cm³/mol. The fourth-order valence-electron chi connectivity index (χ4n) is 2.87. The molecule has 1 saturated carbocycles. The summed E-state index contributed by atoms with van der Waals surface area (Å²) in [5.74, 6) is 0.839. The molecule has 2 fully saturated rings. The Balaban J connectivity index is 1.66. The molecule has 0 radical (unpaired) electrons. The van der Waals surface area contributed by atoms with Crippen molar-refractivity contribution in [1.82, 2.24) is 10.2 Å². The summed E-state index contributed by atoms with van der Waals surface area (Å²) in [4.78, 5) is 14.0. The molecule has 1 amide bonds. The molecule has 4 nitrogen and oxygen atoms in total. The molecule has 0 aromatic heterocycles. The van der Waals surface area contributed by atoms with E-state index in [1.54, 1.807) is 0 Å². The summed E-state index contributed by atoms with van der Waals surface area (Å²) >= 11 is 0. The normalized spacial score (nSPS) is 27.4. The maximum Gasteiger partial charge on any atom is 0.236 e. The van der Waals surface area contributed by atoms with Crippen LogP contribution in [0.3, 0.4) is 0 Å². The van der Waals surface area contributed by atoms with Gasteiger partial charge in [-0.25, -0.2) is 0 Å². The zero-order valence-electron chi connectivity index (χ0n) is 11.7. The molecule has 0 aromatic rings. The molecule has 0 bridgehead atoms. The van der Waals surface area contributed by atoms with Crippen LogP contribution in [0.4, 0.5) is 0 Å². The Morgan fingerprint density at radius 3 is 2.72 bits per heavy atom. The highest BCUT2D eigenvalue weighted by molar-refractivity contribution is 5.78. The van der Waals surface area contributed by atoms with Crippen molar-refractivity contribution in [3.8, 4) is 0 Å². The Hall–Kier alpha value is -0.610. The van der Waals surface area contributed by atoms with Gasteiger partial charge in [0.05, 0.1) is 12.6 Å². The van der Waals surface area contributed by atoms with E-state index in [0.717, 1.165) is 32.5 Å². The van der Waals surface area contributed by atoms with Gasteiger partial charge in [-0.15, -0.1) is 0 Å². The third kappa shape index (κ3) is 3.45. The Morgan fingerprint density at radius 1 is 1.33 bits per heavy atom. The number of likely N-dealkylation sites (N-methyl/N-ethyl adjacent to an activating group) is 1. The predicted octanol–water partition coefficient (Wildman–Crippen LogP) is 1.40. The maximum atomic E-state index is 12.0. The van der Waals surface area contributed by atoms with Crippen LogP contribution in [-0.2, 0) is 9.53 Å². The van der Waals surface area contributed by atoms with E-state index in [0.29, 0.717) is 24.6 Å². The van der Waals surface area contributed by atoms with Gasteiger partial charge in [0.1, 0.15) is 0 Å². The lowest BCUT2D eigenvalue weighted by Crippen LogP contribution is -2.41. The first-order valence-corrected chi connectivity index (χ1v) is 7.38. The molecule has 2 rings (SSSR count). The number of nitrogens with zero attached hydrogens (tertiary/aromatic N) is 1. The first-order valence-electron chi connectivity index (χ1n) is 7.38. The Bertz CT molecular complexity index is 279. The maximum absolute atomic E-state index is 12.0. The van der Waals surface area contributed by atoms with Crippen molar-refractivity contribution in [2.45, 2.75) is 51.7 Å². The molecular formula is C14H26N2O2. The molecule has 4 heteroatoms. The largest absolute Gasteiger partial charge is 0.378 e. The Labute approximate surface area is 110 Å². The SMILES string of the molecule is CCC1OCCC1CNCC(=O)N(CC)C1CC1. The number of hydrogen-bond acceptors (Lipinski definition) is 3. The molecule has 18 heavy (non-hydrogen) atoms. The number of carbonyl (C=O) groups is 1. The van der Waals surface area contributed by atoms with Crippen molar-refractivity contribution in [2.75, 3.05) is 26.2 Å². The topological polar surface area (TPSA) is 41.6 Å². The van der Waals surface area contributed by atoms with Crippen LogP contribution in [-0.4, -0.2) is 49.2 Å². The molecule has 1 aliphatic carbocycles. The van der Waals surface area contributed by atoms with Gasteiger partial charge in [-0.3, -0.25) is 4.79 Å². The second-order valence-corrected chi connectivity index (χ2v) is 5.41. The van der Waals surface area contributed by atoms with Crippen LogP contribution < -0.4 is 5.32 Å². The summed E-state index contributed by atoms with van der Waals surface area (Å²) in [6.45, 7) is 7.34. The summed E-state index contributed by atoms with van der Waals surface area (Å²) in [7, 11) is 0. The van der Waals surface area contributed by atoms with Crippen LogP contribution >= 0.6 is 0 Å². The van der Waals surface area contributed by atoms with E-state index >= 15 is 0 Å². The fourth-order valence-corrected chi connectivity index (χ4v) is 2.87. The van der Waals surface area contributed by atoms with Crippen molar-refractivity contribution < 1.29 is 9.53 Å². The van der Waals surface area contributed by atoms with Crippen molar-refractivity contribution in [1.29, 1.82) is 0 Å². The highest BCUT2D eigenvalue weighted by Gasteiger charge is 2.31. The molecule has 1 saturated heterocycles. The van der Waals surface area contributed by atoms with Gasteiger partial charge in [0.25, 0.3) is 0 Å². The van der Waals surface area contributed by atoms with Crippen LogP contribution in [0, 0.1) is 5.92 Å². The van der Waals surface area contributed by atoms with Gasteiger partial charge >= 0.3 is 0 Å². The second-order valence-electron chi connectivity index (χ2n) is 5.41. The standard InChI is InChI=1S/C14H26N2O2/c1-3-13-11(7-8-18-13)9-15-10-14(17)16(4-2)12-5-6-12/h11-13,15H,3-10H2,1-2H3. The van der Waals surface area contributed by atoms with Gasteiger partial charge in [-0.05, 0) is 38.5 Å². The van der Waals surface area contributed by atoms with Crippen LogP contribution in [0.5, 0.6) is 0 Å². The lowest BCUT2D eigenvalue weighted by atomic mass is 10.00. The first kappa shape index (κ1) is 13.8. The van der Waals surface area contributed by atoms with E-state index in [1.165, 1.54) is 12.8 Å². The number of amides is 1. The van der Waals surface area contributed by atoms with Crippen molar-refractivity contribution in [2.24, 2.45) is 5.92 Å². The first-order chi connectivity index (χ1) is 8.76. The summed E-state index contributed by atoms with van der Waals surface area (Å²) in [6, 6.07) is 0.530. The van der Waals surface area contributed by atoms with Crippen LogP contribution in [0.25, 0.3) is 0 Å². The molecule has 2 aliphatic rings. The highest BCUT2D eigenvalue weighted by Crippen LogP contribution is 2.26. The van der Waals surface area contributed by atoms with Crippen LogP contribution in [0.15, 0.2) is 0 Å². The van der Waals surface area contributed by atoms with E-state index in [2.05, 4.69) is 19.2 Å². The average molecular weight is 254 g/mol. The van der Waals surface area contributed by atoms with E-state index in [1.807, 2.05) is 4.90 Å². The average Bonchev–Trinajstić information content (AvgIpc) is 3.09. The van der Waals surface area contributed by atoms with Crippen LogP contribution in [0.2, 0.25) is 0 Å². The van der Waals surface area contributed by atoms with Gasteiger partial charge in [0, 0.05) is 25.7 Å². The minimum atomic E-state index is 0.256. The lowest BCUT2D eigenvalue weighted by molar-refractivity contribution is -0.130. The minimum Gasteiger partial charge on any atom is -0.378 e. The number of carbonyl (C=O) groups excluding carboxylic acids is 1. The molecule has 1 aliphatic heterocycles. The van der Waals surface area contributed by atoms with Crippen molar-refractivity contribution >= 4 is 5.91 Å². The Morgan fingerprint density at radius 2 is 2.11 bits per heavy atom. The lowest BCUT2D eigenvalue weighted by Gasteiger charge is -2.22. The van der Waals surface area contributed by atoms with E-state index in [-0.39, 0.29) is 5.91 Å². The second kappa shape index (κ2) is 6.53. The van der Waals surface area contributed by atoms with E-state index < -0.39 is 0 Å².